The molecule has 0 bridgehead atoms. The Kier molecular flexibility index (Phi) is 6.33. The summed E-state index contributed by atoms with van der Waals surface area (Å²) in [5.74, 6) is 1.06. The molecular formula is C14H23N3. The minimum absolute atomic E-state index is 0.301. The third-order valence-electron chi connectivity index (χ3n) is 2.80. The zero-order valence-corrected chi connectivity index (χ0v) is 10.6. The standard InChI is InChI=1S/C14H23N3/c1-12(11-13-7-3-2-4-8-13)14(16)17-10-6-5-9-15/h2-4,7-8,12H,5-6,9-11,15H2,1H3,(H2,16,17). The van der Waals surface area contributed by atoms with Gasteiger partial charge >= 0.3 is 0 Å². The fraction of sp³-hybridized carbons (Fsp3) is 0.500. The van der Waals surface area contributed by atoms with E-state index in [1.165, 1.54) is 5.56 Å². The fourth-order valence-corrected chi connectivity index (χ4v) is 1.69. The molecule has 94 valence electrons. The van der Waals surface area contributed by atoms with Gasteiger partial charge in [0.25, 0.3) is 0 Å². The quantitative estimate of drug-likeness (QED) is 0.429. The van der Waals surface area contributed by atoms with E-state index in [1.807, 2.05) is 6.07 Å². The van der Waals surface area contributed by atoms with Gasteiger partial charge in [0.05, 0.1) is 5.84 Å². The van der Waals surface area contributed by atoms with E-state index < -0.39 is 0 Å². The summed E-state index contributed by atoms with van der Waals surface area (Å²) in [4.78, 5) is 4.40. The normalized spacial score (nSPS) is 13.6. The predicted octanol–water partition coefficient (Wildman–Crippen LogP) is 1.96. The maximum atomic E-state index is 5.97. The van der Waals surface area contributed by atoms with Crippen LogP contribution in [0.4, 0.5) is 0 Å². The first-order chi connectivity index (χ1) is 8.24. The molecule has 0 amide bonds. The highest BCUT2D eigenvalue weighted by atomic mass is 14.9. The van der Waals surface area contributed by atoms with E-state index in [-0.39, 0.29) is 0 Å². The van der Waals surface area contributed by atoms with Crippen molar-refractivity contribution in [1.29, 1.82) is 0 Å². The Balaban J connectivity index is 2.38. The second kappa shape index (κ2) is 7.85. The summed E-state index contributed by atoms with van der Waals surface area (Å²) in [6.45, 7) is 3.64. The molecule has 0 aliphatic heterocycles. The molecule has 3 heteroatoms. The highest BCUT2D eigenvalue weighted by Crippen LogP contribution is 2.08. The van der Waals surface area contributed by atoms with Crippen molar-refractivity contribution in [2.45, 2.75) is 26.2 Å². The van der Waals surface area contributed by atoms with Crippen molar-refractivity contribution in [3.8, 4) is 0 Å². The number of hydrogen-bond donors (Lipinski definition) is 2. The van der Waals surface area contributed by atoms with Gasteiger partial charge in [-0.3, -0.25) is 4.99 Å². The van der Waals surface area contributed by atoms with E-state index in [0.717, 1.165) is 38.2 Å². The Bertz CT molecular complexity index is 333. The molecule has 4 N–H and O–H groups in total. The van der Waals surface area contributed by atoms with Crippen LogP contribution in [0, 0.1) is 5.92 Å². The van der Waals surface area contributed by atoms with Crippen LogP contribution in [0.2, 0.25) is 0 Å². The maximum absolute atomic E-state index is 5.97. The first-order valence-electron chi connectivity index (χ1n) is 6.28. The Labute approximate surface area is 104 Å². The van der Waals surface area contributed by atoms with E-state index in [0.29, 0.717) is 5.92 Å². The Morgan fingerprint density at radius 2 is 1.94 bits per heavy atom. The smallest absolute Gasteiger partial charge is 0.0968 e. The van der Waals surface area contributed by atoms with Gasteiger partial charge in [-0.2, -0.15) is 0 Å². The van der Waals surface area contributed by atoms with Gasteiger partial charge in [0.2, 0.25) is 0 Å². The number of nitrogens with zero attached hydrogens (tertiary/aromatic N) is 1. The van der Waals surface area contributed by atoms with Crippen molar-refractivity contribution in [2.75, 3.05) is 13.1 Å². The van der Waals surface area contributed by atoms with E-state index in [2.05, 4.69) is 36.2 Å². The highest BCUT2D eigenvalue weighted by molar-refractivity contribution is 5.82. The largest absolute Gasteiger partial charge is 0.387 e. The fourth-order valence-electron chi connectivity index (χ4n) is 1.69. The molecule has 0 fully saturated rings. The highest BCUT2D eigenvalue weighted by Gasteiger charge is 2.07. The zero-order chi connectivity index (χ0) is 12.5. The van der Waals surface area contributed by atoms with Crippen molar-refractivity contribution < 1.29 is 0 Å². The number of aliphatic imine (C=N–C) groups is 1. The predicted molar refractivity (Wildman–Crippen MR) is 74.1 cm³/mol. The summed E-state index contributed by atoms with van der Waals surface area (Å²) in [6, 6.07) is 10.4. The number of rotatable bonds is 7. The molecule has 0 aliphatic carbocycles. The van der Waals surface area contributed by atoms with Crippen molar-refractivity contribution >= 4 is 5.84 Å². The third-order valence-corrected chi connectivity index (χ3v) is 2.80. The van der Waals surface area contributed by atoms with Crippen LogP contribution in [0.25, 0.3) is 0 Å². The van der Waals surface area contributed by atoms with Gasteiger partial charge in [-0.05, 0) is 31.4 Å². The first-order valence-corrected chi connectivity index (χ1v) is 6.28. The van der Waals surface area contributed by atoms with Gasteiger partial charge in [-0.25, -0.2) is 0 Å². The molecule has 0 heterocycles. The van der Waals surface area contributed by atoms with Crippen LogP contribution in [0.5, 0.6) is 0 Å². The number of hydrogen-bond acceptors (Lipinski definition) is 2. The third kappa shape index (κ3) is 5.50. The van der Waals surface area contributed by atoms with Crippen LogP contribution in [0.1, 0.15) is 25.3 Å². The summed E-state index contributed by atoms with van der Waals surface area (Å²) >= 11 is 0. The lowest BCUT2D eigenvalue weighted by atomic mass is 10.0. The lowest BCUT2D eigenvalue weighted by Gasteiger charge is -2.11. The molecule has 1 unspecified atom stereocenters. The molecule has 0 aromatic heterocycles. The maximum Gasteiger partial charge on any atom is 0.0968 e. The molecule has 1 aromatic rings. The summed E-state index contributed by atoms with van der Waals surface area (Å²) in [5.41, 5.74) is 12.7. The lowest BCUT2D eigenvalue weighted by Crippen LogP contribution is -2.23. The van der Waals surface area contributed by atoms with Crippen molar-refractivity contribution in [3.05, 3.63) is 35.9 Å². The van der Waals surface area contributed by atoms with E-state index in [1.54, 1.807) is 0 Å². The number of benzene rings is 1. The zero-order valence-electron chi connectivity index (χ0n) is 10.6. The average Bonchev–Trinajstić information content (AvgIpc) is 2.35. The molecule has 0 saturated heterocycles. The first kappa shape index (κ1) is 13.7. The number of nitrogens with two attached hydrogens (primary N) is 2. The van der Waals surface area contributed by atoms with Crippen LogP contribution < -0.4 is 11.5 Å². The van der Waals surface area contributed by atoms with Crippen molar-refractivity contribution in [1.82, 2.24) is 0 Å². The second-order valence-corrected chi connectivity index (χ2v) is 4.39. The second-order valence-electron chi connectivity index (χ2n) is 4.39. The minimum Gasteiger partial charge on any atom is -0.387 e. The van der Waals surface area contributed by atoms with Crippen LogP contribution in [0.3, 0.4) is 0 Å². The number of amidine groups is 1. The Hall–Kier alpha value is -1.35. The summed E-state index contributed by atoms with van der Waals surface area (Å²) < 4.78 is 0. The molecule has 3 nitrogen and oxygen atoms in total. The van der Waals surface area contributed by atoms with Crippen molar-refractivity contribution in [3.63, 3.8) is 0 Å². The van der Waals surface area contributed by atoms with Gasteiger partial charge in [0.15, 0.2) is 0 Å². The summed E-state index contributed by atoms with van der Waals surface area (Å²) in [7, 11) is 0. The summed E-state index contributed by atoms with van der Waals surface area (Å²) in [6.07, 6.45) is 2.99. The minimum atomic E-state index is 0.301. The Morgan fingerprint density at radius 3 is 2.59 bits per heavy atom. The molecule has 17 heavy (non-hydrogen) atoms. The number of unbranched alkanes of at least 4 members (excludes halogenated alkanes) is 1. The van der Waals surface area contributed by atoms with Crippen molar-refractivity contribution in [2.24, 2.45) is 22.4 Å². The lowest BCUT2D eigenvalue weighted by molar-refractivity contribution is 0.725. The van der Waals surface area contributed by atoms with Crippen LogP contribution in [-0.2, 0) is 6.42 Å². The van der Waals surface area contributed by atoms with Gasteiger partial charge in [-0.15, -0.1) is 0 Å². The molecule has 1 atom stereocenters. The molecular weight excluding hydrogens is 210 g/mol. The molecule has 0 saturated carbocycles. The summed E-state index contributed by atoms with van der Waals surface area (Å²) in [5, 5.41) is 0. The average molecular weight is 233 g/mol. The van der Waals surface area contributed by atoms with E-state index >= 15 is 0 Å². The van der Waals surface area contributed by atoms with E-state index in [4.69, 9.17) is 11.5 Å². The van der Waals surface area contributed by atoms with E-state index in [9.17, 15) is 0 Å². The Morgan fingerprint density at radius 1 is 1.24 bits per heavy atom. The van der Waals surface area contributed by atoms with Gasteiger partial charge in [-0.1, -0.05) is 37.3 Å². The molecule has 0 radical (unpaired) electrons. The molecule has 0 spiro atoms. The van der Waals surface area contributed by atoms with Gasteiger partial charge < -0.3 is 11.5 Å². The molecule has 1 rings (SSSR count). The monoisotopic (exact) mass is 233 g/mol. The van der Waals surface area contributed by atoms with Gasteiger partial charge in [0.1, 0.15) is 0 Å². The molecule has 1 aromatic carbocycles. The van der Waals surface area contributed by atoms with Crippen LogP contribution in [-0.4, -0.2) is 18.9 Å². The van der Waals surface area contributed by atoms with Crippen LogP contribution in [0.15, 0.2) is 35.3 Å². The molecule has 0 aliphatic rings. The van der Waals surface area contributed by atoms with Crippen LogP contribution >= 0.6 is 0 Å². The van der Waals surface area contributed by atoms with Gasteiger partial charge in [0, 0.05) is 12.5 Å². The SMILES string of the molecule is CC(Cc1ccccc1)/C(N)=N/CCCCN. The topological polar surface area (TPSA) is 64.4 Å².